The van der Waals surface area contributed by atoms with Crippen molar-refractivity contribution in [3.63, 3.8) is 0 Å². The van der Waals surface area contributed by atoms with Crippen molar-refractivity contribution in [1.82, 2.24) is 15.5 Å². The third-order valence-corrected chi connectivity index (χ3v) is 2.41. The van der Waals surface area contributed by atoms with Crippen molar-refractivity contribution in [1.29, 1.82) is 0 Å². The number of nitrogens with one attached hydrogen (secondary N) is 1. The van der Waals surface area contributed by atoms with Gasteiger partial charge in [0.05, 0.1) is 11.5 Å². The van der Waals surface area contributed by atoms with E-state index in [0.717, 1.165) is 12.1 Å². The highest BCUT2D eigenvalue weighted by Gasteiger charge is 2.16. The molecule has 104 valence electrons. The van der Waals surface area contributed by atoms with Crippen molar-refractivity contribution < 1.29 is 19.3 Å². The number of hydrogen-bond donors (Lipinski definition) is 2. The van der Waals surface area contributed by atoms with E-state index < -0.39 is 22.3 Å². The summed E-state index contributed by atoms with van der Waals surface area (Å²) in [6, 6.07) is 3.33. The predicted molar refractivity (Wildman–Crippen MR) is 65.0 cm³/mol. The second-order valence-electron chi connectivity index (χ2n) is 3.87. The van der Waals surface area contributed by atoms with E-state index in [-0.39, 0.29) is 12.1 Å². The number of benzene rings is 1. The van der Waals surface area contributed by atoms with Gasteiger partial charge in [-0.3, -0.25) is 14.9 Å². The van der Waals surface area contributed by atoms with Crippen LogP contribution in [0.15, 0.2) is 22.7 Å². The number of nitro benzene ring substituents is 1. The Labute approximate surface area is 112 Å². The second kappa shape index (κ2) is 5.34. The van der Waals surface area contributed by atoms with Crippen LogP contribution in [0, 0.1) is 17.0 Å². The third-order valence-electron chi connectivity index (χ3n) is 2.41. The van der Waals surface area contributed by atoms with Gasteiger partial charge in [0.15, 0.2) is 11.6 Å². The predicted octanol–water partition coefficient (Wildman–Crippen LogP) is 0.922. The van der Waals surface area contributed by atoms with Crippen LogP contribution in [0.2, 0.25) is 0 Å². The largest absolute Gasteiger partial charge is 0.502 e. The summed E-state index contributed by atoms with van der Waals surface area (Å²) in [5.41, 5.74) is -0.372. The molecule has 0 unspecified atom stereocenters. The van der Waals surface area contributed by atoms with Gasteiger partial charge in [0.25, 0.3) is 5.91 Å². The van der Waals surface area contributed by atoms with Gasteiger partial charge in [0.2, 0.25) is 5.89 Å². The zero-order valence-corrected chi connectivity index (χ0v) is 10.4. The number of phenols is 1. The Bertz CT molecular complexity index is 667. The summed E-state index contributed by atoms with van der Waals surface area (Å²) in [5, 5.41) is 26.1. The van der Waals surface area contributed by atoms with Crippen molar-refractivity contribution >= 4 is 11.6 Å². The smallest absolute Gasteiger partial charge is 0.310 e. The highest BCUT2D eigenvalue weighted by atomic mass is 16.6. The van der Waals surface area contributed by atoms with E-state index in [2.05, 4.69) is 15.5 Å². The SMILES string of the molecule is Cc1nc(CNC(=O)c2ccc([N+](=O)[O-])c(O)c2)no1. The van der Waals surface area contributed by atoms with Gasteiger partial charge < -0.3 is 14.9 Å². The van der Waals surface area contributed by atoms with Gasteiger partial charge in [-0.15, -0.1) is 0 Å². The van der Waals surface area contributed by atoms with Crippen molar-refractivity contribution in [2.24, 2.45) is 0 Å². The first-order valence-corrected chi connectivity index (χ1v) is 5.52. The lowest BCUT2D eigenvalue weighted by Crippen LogP contribution is -2.23. The Morgan fingerprint density at radius 3 is 2.85 bits per heavy atom. The van der Waals surface area contributed by atoms with E-state index in [1.54, 1.807) is 6.92 Å². The number of phenolic OH excluding ortho intramolecular Hbond substituents is 1. The molecule has 0 aliphatic carbocycles. The van der Waals surface area contributed by atoms with Crippen molar-refractivity contribution in [2.75, 3.05) is 0 Å². The first kappa shape index (κ1) is 13.5. The molecule has 1 amide bonds. The monoisotopic (exact) mass is 278 g/mol. The fourth-order valence-corrected chi connectivity index (χ4v) is 1.49. The molecule has 0 spiro atoms. The fourth-order valence-electron chi connectivity index (χ4n) is 1.49. The van der Waals surface area contributed by atoms with Crippen LogP contribution in [0.4, 0.5) is 5.69 Å². The molecular weight excluding hydrogens is 268 g/mol. The average molecular weight is 278 g/mol. The molecule has 0 aliphatic heterocycles. The summed E-state index contributed by atoms with van der Waals surface area (Å²) in [5.74, 6) is -0.403. The van der Waals surface area contributed by atoms with E-state index in [1.807, 2.05) is 0 Å². The maximum Gasteiger partial charge on any atom is 0.310 e. The van der Waals surface area contributed by atoms with Crippen molar-refractivity contribution in [2.45, 2.75) is 13.5 Å². The van der Waals surface area contributed by atoms with Crippen LogP contribution in [0.5, 0.6) is 5.75 Å². The highest BCUT2D eigenvalue weighted by Crippen LogP contribution is 2.26. The summed E-state index contributed by atoms with van der Waals surface area (Å²) < 4.78 is 4.74. The molecule has 0 saturated carbocycles. The number of aryl methyl sites for hydroxylation is 1. The van der Waals surface area contributed by atoms with Gasteiger partial charge >= 0.3 is 5.69 Å². The number of amides is 1. The number of carbonyl (C=O) groups excluding carboxylic acids is 1. The molecule has 9 heteroatoms. The Kier molecular flexibility index (Phi) is 3.60. The topological polar surface area (TPSA) is 131 Å². The standard InChI is InChI=1S/C11H10N4O5/c1-6-13-10(14-20-6)5-12-11(17)7-2-3-8(15(18)19)9(16)4-7/h2-4,16H,5H2,1H3,(H,12,17). The van der Waals surface area contributed by atoms with E-state index in [0.29, 0.717) is 11.7 Å². The molecule has 0 fully saturated rings. The lowest BCUT2D eigenvalue weighted by Gasteiger charge is -2.03. The minimum Gasteiger partial charge on any atom is -0.502 e. The molecule has 0 aliphatic rings. The number of carbonyl (C=O) groups is 1. The van der Waals surface area contributed by atoms with Crippen molar-refractivity contribution in [3.05, 3.63) is 45.6 Å². The van der Waals surface area contributed by atoms with E-state index >= 15 is 0 Å². The molecule has 2 N–H and O–H groups in total. The van der Waals surface area contributed by atoms with Gasteiger partial charge in [0.1, 0.15) is 0 Å². The van der Waals surface area contributed by atoms with Gasteiger partial charge in [-0.05, 0) is 12.1 Å². The van der Waals surface area contributed by atoms with E-state index in [9.17, 15) is 20.0 Å². The maximum atomic E-state index is 11.8. The highest BCUT2D eigenvalue weighted by molar-refractivity contribution is 5.94. The Morgan fingerprint density at radius 2 is 2.30 bits per heavy atom. The molecule has 0 atom stereocenters. The van der Waals surface area contributed by atoms with Crippen molar-refractivity contribution in [3.8, 4) is 5.75 Å². The Morgan fingerprint density at radius 1 is 1.55 bits per heavy atom. The quantitative estimate of drug-likeness (QED) is 0.627. The van der Waals surface area contributed by atoms with Crippen LogP contribution < -0.4 is 5.32 Å². The molecule has 0 bridgehead atoms. The van der Waals surface area contributed by atoms with Crippen LogP contribution in [-0.4, -0.2) is 26.1 Å². The zero-order chi connectivity index (χ0) is 14.7. The third kappa shape index (κ3) is 2.88. The number of rotatable bonds is 4. The molecule has 2 aromatic rings. The molecule has 2 rings (SSSR count). The Hall–Kier alpha value is -2.97. The minimum atomic E-state index is -0.737. The number of nitrogens with zero attached hydrogens (tertiary/aromatic N) is 3. The first-order chi connectivity index (χ1) is 9.47. The van der Waals surface area contributed by atoms with E-state index in [1.165, 1.54) is 6.07 Å². The summed E-state index contributed by atoms with van der Waals surface area (Å²) >= 11 is 0. The van der Waals surface area contributed by atoms with Crippen LogP contribution >= 0.6 is 0 Å². The summed E-state index contributed by atoms with van der Waals surface area (Å²) in [7, 11) is 0. The molecular formula is C11H10N4O5. The number of nitro groups is 1. The second-order valence-corrected chi connectivity index (χ2v) is 3.87. The van der Waals surface area contributed by atoms with Crippen LogP contribution in [0.1, 0.15) is 22.1 Å². The molecule has 1 aromatic heterocycles. The van der Waals surface area contributed by atoms with Gasteiger partial charge in [-0.1, -0.05) is 5.16 Å². The molecule has 0 radical (unpaired) electrons. The van der Waals surface area contributed by atoms with Crippen LogP contribution in [-0.2, 0) is 6.54 Å². The number of aromatic nitrogens is 2. The van der Waals surface area contributed by atoms with Gasteiger partial charge in [-0.25, -0.2) is 0 Å². The Balaban J connectivity index is 2.06. The lowest BCUT2D eigenvalue weighted by atomic mass is 10.2. The summed E-state index contributed by atoms with van der Waals surface area (Å²) in [4.78, 5) is 25.5. The molecule has 1 heterocycles. The molecule has 20 heavy (non-hydrogen) atoms. The normalized spacial score (nSPS) is 10.2. The van der Waals surface area contributed by atoms with Gasteiger partial charge in [-0.2, -0.15) is 4.98 Å². The van der Waals surface area contributed by atoms with Crippen LogP contribution in [0.3, 0.4) is 0 Å². The molecule has 1 aromatic carbocycles. The zero-order valence-electron chi connectivity index (χ0n) is 10.4. The number of aromatic hydroxyl groups is 1. The summed E-state index contributed by atoms with van der Waals surface area (Å²) in [6.07, 6.45) is 0. The number of hydrogen-bond acceptors (Lipinski definition) is 7. The van der Waals surface area contributed by atoms with E-state index in [4.69, 9.17) is 4.52 Å². The maximum absolute atomic E-state index is 11.8. The lowest BCUT2D eigenvalue weighted by molar-refractivity contribution is -0.385. The summed E-state index contributed by atoms with van der Waals surface area (Å²) in [6.45, 7) is 1.67. The van der Waals surface area contributed by atoms with Gasteiger partial charge in [0, 0.05) is 18.6 Å². The molecule has 9 nitrogen and oxygen atoms in total. The minimum absolute atomic E-state index is 0.0495. The molecule has 0 saturated heterocycles. The fraction of sp³-hybridized carbons (Fsp3) is 0.182. The van der Waals surface area contributed by atoms with Crippen LogP contribution in [0.25, 0.3) is 0 Å². The first-order valence-electron chi connectivity index (χ1n) is 5.52. The average Bonchev–Trinajstić information content (AvgIpc) is 2.81.